The highest BCUT2D eigenvalue weighted by Crippen LogP contribution is 2.40. The van der Waals surface area contributed by atoms with Crippen LogP contribution in [0.25, 0.3) is 0 Å². The first kappa shape index (κ1) is 19.2. The van der Waals surface area contributed by atoms with Crippen molar-refractivity contribution in [1.29, 1.82) is 0 Å². The highest BCUT2D eigenvalue weighted by atomic mass is 16.7. The van der Waals surface area contributed by atoms with Gasteiger partial charge in [-0.25, -0.2) is 0 Å². The Balaban J connectivity index is 2.07. The van der Waals surface area contributed by atoms with E-state index in [-0.39, 0.29) is 11.8 Å². The molecule has 0 aliphatic carbocycles. The summed E-state index contributed by atoms with van der Waals surface area (Å²) in [5, 5.41) is 3.62. The van der Waals surface area contributed by atoms with E-state index in [2.05, 4.69) is 53.8 Å². The number of nitrogens with one attached hydrogen (secondary N) is 1. The second-order valence-corrected chi connectivity index (χ2v) is 8.27. The predicted octanol–water partition coefficient (Wildman–Crippen LogP) is 3.80. The summed E-state index contributed by atoms with van der Waals surface area (Å²) >= 11 is 0. The van der Waals surface area contributed by atoms with Gasteiger partial charge >= 0.3 is 0 Å². The maximum Gasteiger partial charge on any atom is 0.173 e. The molecule has 4 heteroatoms. The van der Waals surface area contributed by atoms with Crippen LogP contribution in [0.4, 0.5) is 0 Å². The molecule has 3 atom stereocenters. The minimum Gasteiger partial charge on any atom is -0.359 e. The third-order valence-corrected chi connectivity index (χ3v) is 5.78. The van der Waals surface area contributed by atoms with Crippen LogP contribution in [0.3, 0.4) is 0 Å². The molecule has 136 valence electrons. The number of hydrogen-bond acceptors (Lipinski definition) is 4. The topological polar surface area (TPSA) is 39.7 Å². The fourth-order valence-corrected chi connectivity index (χ4v) is 4.48. The van der Waals surface area contributed by atoms with Crippen LogP contribution in [0.2, 0.25) is 0 Å². The Morgan fingerprint density at radius 2 is 1.57 bits per heavy atom. The van der Waals surface area contributed by atoms with Crippen LogP contribution >= 0.6 is 0 Å². The van der Waals surface area contributed by atoms with Crippen molar-refractivity contribution < 1.29 is 14.2 Å². The first-order valence-electron chi connectivity index (χ1n) is 9.45. The number of ether oxygens (including phenoxy) is 3. The molecule has 2 heterocycles. The van der Waals surface area contributed by atoms with E-state index in [0.29, 0.717) is 23.7 Å². The minimum atomic E-state index is -0.447. The molecule has 0 aromatic rings. The molecule has 0 spiro atoms. The van der Waals surface area contributed by atoms with E-state index in [4.69, 9.17) is 14.2 Å². The Hall–Kier alpha value is -0.160. The first-order valence-corrected chi connectivity index (χ1v) is 9.45. The zero-order chi connectivity index (χ0) is 17.3. The maximum atomic E-state index is 6.55. The van der Waals surface area contributed by atoms with Crippen molar-refractivity contribution in [3.63, 3.8) is 0 Å². The van der Waals surface area contributed by atoms with Gasteiger partial charge in [0.25, 0.3) is 0 Å². The van der Waals surface area contributed by atoms with Gasteiger partial charge in [0.1, 0.15) is 5.72 Å². The summed E-state index contributed by atoms with van der Waals surface area (Å²) < 4.78 is 18.8. The summed E-state index contributed by atoms with van der Waals surface area (Å²) in [7, 11) is 0. The van der Waals surface area contributed by atoms with Crippen LogP contribution in [0.5, 0.6) is 0 Å². The summed E-state index contributed by atoms with van der Waals surface area (Å²) in [6.45, 7) is 18.1. The first-order chi connectivity index (χ1) is 10.7. The average molecular weight is 328 g/mol. The van der Waals surface area contributed by atoms with E-state index in [9.17, 15) is 0 Å². The highest BCUT2D eigenvalue weighted by molar-refractivity contribution is 4.93. The Kier molecular flexibility index (Phi) is 6.15. The van der Waals surface area contributed by atoms with E-state index in [1.165, 1.54) is 0 Å². The number of rotatable bonds is 6. The van der Waals surface area contributed by atoms with Crippen molar-refractivity contribution in [2.24, 2.45) is 23.7 Å². The molecule has 4 nitrogen and oxygen atoms in total. The molecule has 0 amide bonds. The molecule has 0 radical (unpaired) electrons. The zero-order valence-electron chi connectivity index (χ0n) is 16.1. The smallest absolute Gasteiger partial charge is 0.173 e. The van der Waals surface area contributed by atoms with Crippen LogP contribution in [-0.2, 0) is 14.2 Å². The van der Waals surface area contributed by atoms with Gasteiger partial charge in [0.15, 0.2) is 5.79 Å². The lowest BCUT2D eigenvalue weighted by atomic mass is 9.82. The molecule has 2 saturated heterocycles. The Labute approximate surface area is 142 Å². The lowest BCUT2D eigenvalue weighted by molar-refractivity contribution is -0.336. The second-order valence-electron chi connectivity index (χ2n) is 8.27. The fraction of sp³-hybridized carbons (Fsp3) is 1.00. The van der Waals surface area contributed by atoms with E-state index in [0.717, 1.165) is 32.6 Å². The van der Waals surface area contributed by atoms with Gasteiger partial charge in [-0.2, -0.15) is 0 Å². The lowest BCUT2D eigenvalue weighted by Crippen LogP contribution is -2.55. The van der Waals surface area contributed by atoms with Crippen LogP contribution in [-0.4, -0.2) is 37.4 Å². The molecule has 0 aromatic heterocycles. The average Bonchev–Trinajstić information content (AvgIpc) is 2.98. The second kappa shape index (κ2) is 7.38. The highest BCUT2D eigenvalue weighted by Gasteiger charge is 2.47. The maximum absolute atomic E-state index is 6.55. The Morgan fingerprint density at radius 3 is 2.04 bits per heavy atom. The SMILES string of the molecule is CC(C)C1(C(C)CC2CCOC(C(C)C)(C(C)C)O2)NCCO1. The quantitative estimate of drug-likeness (QED) is 0.805. The van der Waals surface area contributed by atoms with Crippen LogP contribution in [0, 0.1) is 23.7 Å². The minimum absolute atomic E-state index is 0.208. The van der Waals surface area contributed by atoms with Gasteiger partial charge < -0.3 is 14.2 Å². The van der Waals surface area contributed by atoms with Crippen molar-refractivity contribution in [3.05, 3.63) is 0 Å². The van der Waals surface area contributed by atoms with Crippen molar-refractivity contribution >= 4 is 0 Å². The molecule has 3 unspecified atom stereocenters. The molecule has 1 N–H and O–H groups in total. The molecule has 0 bridgehead atoms. The normalized spacial score (nSPS) is 32.9. The standard InChI is InChI=1S/C19H37NO3/c1-13(2)18(20-9-11-21-18)16(7)12-17-8-10-22-19(23-17,14(3)4)15(5)6/h13-17,20H,8-12H2,1-7H3. The molecular weight excluding hydrogens is 290 g/mol. The monoisotopic (exact) mass is 327 g/mol. The fourth-order valence-electron chi connectivity index (χ4n) is 4.48. The van der Waals surface area contributed by atoms with Gasteiger partial charge in [-0.3, -0.25) is 5.32 Å². The molecule has 0 aromatic carbocycles. The lowest BCUT2D eigenvalue weighted by Gasteiger charge is -2.48. The predicted molar refractivity (Wildman–Crippen MR) is 93.2 cm³/mol. The van der Waals surface area contributed by atoms with Crippen molar-refractivity contribution in [3.8, 4) is 0 Å². The Morgan fingerprint density at radius 1 is 0.913 bits per heavy atom. The van der Waals surface area contributed by atoms with Crippen molar-refractivity contribution in [2.75, 3.05) is 19.8 Å². The Bertz CT molecular complexity index is 367. The van der Waals surface area contributed by atoms with Gasteiger partial charge in [0.2, 0.25) is 0 Å². The molecule has 0 saturated carbocycles. The largest absolute Gasteiger partial charge is 0.359 e. The summed E-state index contributed by atoms with van der Waals surface area (Å²) in [5.74, 6) is 1.10. The summed E-state index contributed by atoms with van der Waals surface area (Å²) in [6, 6.07) is 0. The molecule has 2 rings (SSSR count). The summed E-state index contributed by atoms with van der Waals surface area (Å²) in [4.78, 5) is 0. The van der Waals surface area contributed by atoms with Gasteiger partial charge in [0, 0.05) is 24.3 Å². The van der Waals surface area contributed by atoms with Crippen LogP contribution < -0.4 is 5.32 Å². The van der Waals surface area contributed by atoms with Gasteiger partial charge in [-0.05, 0) is 18.8 Å². The number of hydrogen-bond donors (Lipinski definition) is 1. The van der Waals surface area contributed by atoms with E-state index in [1.807, 2.05) is 0 Å². The summed E-state index contributed by atoms with van der Waals surface area (Å²) in [5.41, 5.74) is -0.208. The molecular formula is C19H37NO3. The van der Waals surface area contributed by atoms with Gasteiger partial charge in [-0.1, -0.05) is 48.5 Å². The molecule has 23 heavy (non-hydrogen) atoms. The third-order valence-electron chi connectivity index (χ3n) is 5.78. The van der Waals surface area contributed by atoms with Crippen LogP contribution in [0.15, 0.2) is 0 Å². The molecule has 2 aliphatic rings. The van der Waals surface area contributed by atoms with Crippen molar-refractivity contribution in [1.82, 2.24) is 5.32 Å². The molecule has 2 aliphatic heterocycles. The van der Waals surface area contributed by atoms with E-state index < -0.39 is 5.79 Å². The molecule has 2 fully saturated rings. The van der Waals surface area contributed by atoms with Crippen molar-refractivity contribution in [2.45, 2.75) is 78.9 Å². The third kappa shape index (κ3) is 3.60. The van der Waals surface area contributed by atoms with Gasteiger partial charge in [-0.15, -0.1) is 0 Å². The summed E-state index contributed by atoms with van der Waals surface area (Å²) in [6.07, 6.45) is 2.22. The zero-order valence-corrected chi connectivity index (χ0v) is 16.1. The van der Waals surface area contributed by atoms with E-state index >= 15 is 0 Å². The van der Waals surface area contributed by atoms with Crippen LogP contribution in [0.1, 0.15) is 61.3 Å². The van der Waals surface area contributed by atoms with E-state index in [1.54, 1.807) is 0 Å². The van der Waals surface area contributed by atoms with Gasteiger partial charge in [0.05, 0.1) is 19.3 Å².